The Labute approximate surface area is 105 Å². The van der Waals surface area contributed by atoms with Gasteiger partial charge in [-0.15, -0.1) is 0 Å². The molecule has 0 radical (unpaired) electrons. The topological polar surface area (TPSA) is 76.4 Å². The van der Waals surface area contributed by atoms with Gasteiger partial charge in [-0.3, -0.25) is 10.1 Å². The van der Waals surface area contributed by atoms with Crippen molar-refractivity contribution in [3.63, 3.8) is 0 Å². The summed E-state index contributed by atoms with van der Waals surface area (Å²) in [6, 6.07) is 5.11. The molecule has 0 spiro atoms. The van der Waals surface area contributed by atoms with Crippen molar-refractivity contribution in [2.75, 3.05) is 18.4 Å². The van der Waals surface area contributed by atoms with E-state index >= 15 is 0 Å². The van der Waals surface area contributed by atoms with Crippen LogP contribution in [0, 0.1) is 10.1 Å². The zero-order valence-corrected chi connectivity index (χ0v) is 10.5. The molecule has 6 nitrogen and oxygen atoms in total. The minimum Gasteiger partial charge on any atom is -0.491 e. The largest absolute Gasteiger partial charge is 0.491 e. The molecule has 98 valence electrons. The van der Waals surface area contributed by atoms with E-state index in [0.717, 1.165) is 18.8 Å². The first-order valence-electron chi connectivity index (χ1n) is 5.98. The van der Waals surface area contributed by atoms with E-state index in [4.69, 9.17) is 4.74 Å². The van der Waals surface area contributed by atoms with E-state index in [9.17, 15) is 10.1 Å². The van der Waals surface area contributed by atoms with E-state index in [1.807, 2.05) is 13.8 Å². The van der Waals surface area contributed by atoms with Crippen LogP contribution in [0.4, 0.5) is 11.4 Å². The van der Waals surface area contributed by atoms with Crippen molar-refractivity contribution < 1.29 is 9.66 Å². The summed E-state index contributed by atoms with van der Waals surface area (Å²) < 4.78 is 5.52. The second-order valence-electron chi connectivity index (χ2n) is 4.64. The molecule has 0 unspecified atom stereocenters. The standard InChI is InChI=1S/C12H17N3O3/c1-8(2)18-12-4-9(14-10-6-13-7-10)3-11(5-12)15(16)17/h3-5,8,10,13-14H,6-7H2,1-2H3. The summed E-state index contributed by atoms with van der Waals surface area (Å²) in [4.78, 5) is 10.5. The lowest BCUT2D eigenvalue weighted by molar-refractivity contribution is -0.384. The van der Waals surface area contributed by atoms with Gasteiger partial charge in [-0.2, -0.15) is 0 Å². The molecule has 0 bridgehead atoms. The van der Waals surface area contributed by atoms with E-state index in [-0.39, 0.29) is 11.8 Å². The molecule has 1 aromatic rings. The van der Waals surface area contributed by atoms with Crippen LogP contribution in [0.3, 0.4) is 0 Å². The zero-order valence-electron chi connectivity index (χ0n) is 10.5. The molecule has 18 heavy (non-hydrogen) atoms. The fourth-order valence-electron chi connectivity index (χ4n) is 1.74. The highest BCUT2D eigenvalue weighted by Crippen LogP contribution is 2.27. The number of nitro groups is 1. The highest BCUT2D eigenvalue weighted by atomic mass is 16.6. The minimum absolute atomic E-state index is 0.00905. The lowest BCUT2D eigenvalue weighted by atomic mass is 10.1. The molecule has 6 heteroatoms. The average Bonchev–Trinajstić information content (AvgIpc) is 2.22. The maximum Gasteiger partial charge on any atom is 0.275 e. The number of rotatable bonds is 5. The van der Waals surface area contributed by atoms with Gasteiger partial charge in [0.2, 0.25) is 0 Å². The van der Waals surface area contributed by atoms with Crippen molar-refractivity contribution in [3.8, 4) is 5.75 Å². The van der Waals surface area contributed by atoms with Gasteiger partial charge < -0.3 is 15.4 Å². The van der Waals surface area contributed by atoms with Crippen LogP contribution < -0.4 is 15.4 Å². The predicted octanol–water partition coefficient (Wildman–Crippen LogP) is 1.77. The highest BCUT2D eigenvalue weighted by molar-refractivity contribution is 5.57. The Balaban J connectivity index is 2.20. The molecule has 0 aromatic heterocycles. The summed E-state index contributed by atoms with van der Waals surface area (Å²) >= 11 is 0. The number of ether oxygens (including phenoxy) is 1. The second kappa shape index (κ2) is 5.22. The molecule has 0 aliphatic carbocycles. The van der Waals surface area contributed by atoms with E-state index in [1.165, 1.54) is 12.1 Å². The maximum atomic E-state index is 10.9. The van der Waals surface area contributed by atoms with Crippen molar-refractivity contribution in [1.29, 1.82) is 0 Å². The fourth-order valence-corrected chi connectivity index (χ4v) is 1.74. The number of hydrogen-bond acceptors (Lipinski definition) is 5. The summed E-state index contributed by atoms with van der Waals surface area (Å²) in [6.07, 6.45) is -0.00905. The summed E-state index contributed by atoms with van der Waals surface area (Å²) in [6.45, 7) is 5.54. The van der Waals surface area contributed by atoms with Gasteiger partial charge >= 0.3 is 0 Å². The van der Waals surface area contributed by atoms with Crippen molar-refractivity contribution >= 4 is 11.4 Å². The predicted molar refractivity (Wildman–Crippen MR) is 69.1 cm³/mol. The summed E-state index contributed by atoms with van der Waals surface area (Å²) in [7, 11) is 0. The fraction of sp³-hybridized carbons (Fsp3) is 0.500. The van der Waals surface area contributed by atoms with Gasteiger partial charge in [0.15, 0.2) is 0 Å². The average molecular weight is 251 g/mol. The van der Waals surface area contributed by atoms with E-state index < -0.39 is 4.92 Å². The molecular formula is C12H17N3O3. The Morgan fingerprint density at radius 1 is 1.44 bits per heavy atom. The number of benzene rings is 1. The lowest BCUT2D eigenvalue weighted by Gasteiger charge is -2.29. The van der Waals surface area contributed by atoms with Crippen LogP contribution in [0.2, 0.25) is 0 Å². The van der Waals surface area contributed by atoms with Crippen LogP contribution in [0.1, 0.15) is 13.8 Å². The minimum atomic E-state index is -0.405. The van der Waals surface area contributed by atoms with Crippen molar-refractivity contribution in [2.45, 2.75) is 26.0 Å². The Kier molecular flexibility index (Phi) is 3.66. The Morgan fingerprint density at radius 2 is 2.17 bits per heavy atom. The van der Waals surface area contributed by atoms with Gasteiger partial charge in [0.1, 0.15) is 5.75 Å². The summed E-state index contributed by atoms with van der Waals surface area (Å²) in [5.74, 6) is 0.522. The zero-order chi connectivity index (χ0) is 13.1. The van der Waals surface area contributed by atoms with Crippen molar-refractivity contribution in [2.24, 2.45) is 0 Å². The molecule has 0 amide bonds. The third-order valence-corrected chi connectivity index (χ3v) is 2.63. The highest BCUT2D eigenvalue weighted by Gasteiger charge is 2.18. The monoisotopic (exact) mass is 251 g/mol. The summed E-state index contributed by atoms with van der Waals surface area (Å²) in [5.41, 5.74) is 0.772. The van der Waals surface area contributed by atoms with E-state index in [2.05, 4.69) is 10.6 Å². The van der Waals surface area contributed by atoms with Gasteiger partial charge in [0, 0.05) is 30.9 Å². The molecule has 0 saturated carbocycles. The van der Waals surface area contributed by atoms with E-state index in [1.54, 1.807) is 6.07 Å². The Bertz CT molecular complexity index is 444. The third-order valence-electron chi connectivity index (χ3n) is 2.63. The first-order valence-corrected chi connectivity index (χ1v) is 5.98. The SMILES string of the molecule is CC(C)Oc1cc(NC2CNC2)cc([N+](=O)[O-])c1. The van der Waals surface area contributed by atoms with Crippen LogP contribution in [0.5, 0.6) is 5.75 Å². The molecule has 1 aliphatic heterocycles. The number of nitrogens with zero attached hydrogens (tertiary/aromatic N) is 1. The number of nitrogens with one attached hydrogen (secondary N) is 2. The van der Waals surface area contributed by atoms with Crippen LogP contribution in [0.25, 0.3) is 0 Å². The van der Waals surface area contributed by atoms with Gasteiger partial charge in [-0.25, -0.2) is 0 Å². The molecule has 1 heterocycles. The van der Waals surface area contributed by atoms with Gasteiger partial charge in [-0.1, -0.05) is 0 Å². The van der Waals surface area contributed by atoms with E-state index in [0.29, 0.717) is 11.8 Å². The van der Waals surface area contributed by atoms with Gasteiger partial charge in [0.05, 0.1) is 23.1 Å². The van der Waals surface area contributed by atoms with Crippen LogP contribution >= 0.6 is 0 Å². The summed E-state index contributed by atoms with van der Waals surface area (Å²) in [5, 5.41) is 17.2. The number of hydrogen-bond donors (Lipinski definition) is 2. The molecule has 2 N–H and O–H groups in total. The first kappa shape index (κ1) is 12.6. The molecule has 1 fully saturated rings. The van der Waals surface area contributed by atoms with Crippen molar-refractivity contribution in [1.82, 2.24) is 5.32 Å². The molecular weight excluding hydrogens is 234 g/mol. The Morgan fingerprint density at radius 3 is 2.67 bits per heavy atom. The molecule has 1 aliphatic rings. The first-order chi connectivity index (χ1) is 8.54. The number of anilines is 1. The Hall–Kier alpha value is -1.82. The van der Waals surface area contributed by atoms with Crippen LogP contribution in [-0.2, 0) is 0 Å². The van der Waals surface area contributed by atoms with Gasteiger partial charge in [0.25, 0.3) is 5.69 Å². The number of non-ortho nitro benzene ring substituents is 1. The smallest absolute Gasteiger partial charge is 0.275 e. The van der Waals surface area contributed by atoms with Gasteiger partial charge in [-0.05, 0) is 13.8 Å². The number of nitro benzene ring substituents is 1. The third kappa shape index (κ3) is 3.10. The molecule has 0 atom stereocenters. The lowest BCUT2D eigenvalue weighted by Crippen LogP contribution is -2.51. The van der Waals surface area contributed by atoms with Crippen LogP contribution in [-0.4, -0.2) is 30.2 Å². The molecule has 1 saturated heterocycles. The molecule has 1 aromatic carbocycles. The quantitative estimate of drug-likeness (QED) is 0.616. The molecule has 2 rings (SSSR count). The normalized spacial score (nSPS) is 15.3. The second-order valence-corrected chi connectivity index (χ2v) is 4.64. The maximum absolute atomic E-state index is 10.9. The van der Waals surface area contributed by atoms with Crippen LogP contribution in [0.15, 0.2) is 18.2 Å². The van der Waals surface area contributed by atoms with Crippen molar-refractivity contribution in [3.05, 3.63) is 28.3 Å².